The highest BCUT2D eigenvalue weighted by Crippen LogP contribution is 2.44. The molecule has 2 saturated carbocycles. The first kappa shape index (κ1) is 14.2. The molecule has 2 N–H and O–H groups in total. The quantitative estimate of drug-likeness (QED) is 0.859. The van der Waals surface area contributed by atoms with E-state index in [2.05, 4.69) is 20.6 Å². The highest BCUT2D eigenvalue weighted by molar-refractivity contribution is 5.74. The van der Waals surface area contributed by atoms with Crippen molar-refractivity contribution in [2.45, 2.75) is 38.3 Å². The average molecular weight is 311 g/mol. The van der Waals surface area contributed by atoms with E-state index in [-0.39, 0.29) is 6.03 Å². The zero-order valence-corrected chi connectivity index (χ0v) is 13.0. The predicted octanol–water partition coefficient (Wildman–Crippen LogP) is 2.26. The first-order valence-corrected chi connectivity index (χ1v) is 8.27. The first-order valence-electron chi connectivity index (χ1n) is 8.27. The number of aromatic nitrogens is 3. The number of amides is 2. The van der Waals surface area contributed by atoms with Gasteiger partial charge in [0.05, 0.1) is 0 Å². The number of carbonyl (C=O) groups is 1. The lowest BCUT2D eigenvalue weighted by molar-refractivity contribution is 0.233. The molecule has 0 bridgehead atoms. The van der Waals surface area contributed by atoms with Gasteiger partial charge in [-0.2, -0.15) is 0 Å². The van der Waals surface area contributed by atoms with Crippen LogP contribution in [0.1, 0.15) is 31.2 Å². The molecule has 0 aliphatic heterocycles. The number of urea groups is 1. The Kier molecular flexibility index (Phi) is 3.73. The summed E-state index contributed by atoms with van der Waals surface area (Å²) in [5.74, 6) is 2.22. The molecule has 120 valence electrons. The molecule has 2 amide bonds. The Morgan fingerprint density at radius 1 is 1.26 bits per heavy atom. The summed E-state index contributed by atoms with van der Waals surface area (Å²) in [7, 11) is 0. The van der Waals surface area contributed by atoms with Crippen LogP contribution in [0.25, 0.3) is 5.82 Å². The second-order valence-electron chi connectivity index (χ2n) is 6.52. The van der Waals surface area contributed by atoms with Crippen LogP contribution in [0.2, 0.25) is 0 Å². The molecule has 4 rings (SSSR count). The maximum atomic E-state index is 12.2. The third-order valence-corrected chi connectivity index (χ3v) is 4.59. The molecule has 0 atom stereocenters. The second kappa shape index (κ2) is 6.02. The number of imidazole rings is 1. The van der Waals surface area contributed by atoms with Crippen molar-refractivity contribution in [3.8, 4) is 5.82 Å². The normalized spacial score (nSPS) is 17.3. The first-order chi connectivity index (χ1) is 11.3. The van der Waals surface area contributed by atoms with Gasteiger partial charge >= 0.3 is 6.03 Å². The standard InChI is InChI=1S/C17H21N5O/c23-17(21-16(13-1-2-13)14-3-4-14)20-10-12-5-6-19-15(9-12)22-8-7-18-11-22/h5-9,11,13-14,16H,1-4,10H2,(H2,20,21,23). The van der Waals surface area contributed by atoms with Crippen LogP contribution in [0.4, 0.5) is 4.79 Å². The Morgan fingerprint density at radius 2 is 2.04 bits per heavy atom. The van der Waals surface area contributed by atoms with E-state index in [9.17, 15) is 4.79 Å². The minimum absolute atomic E-state index is 0.0604. The Morgan fingerprint density at radius 3 is 2.70 bits per heavy atom. The summed E-state index contributed by atoms with van der Waals surface area (Å²) in [6.07, 6.45) is 12.1. The van der Waals surface area contributed by atoms with Crippen molar-refractivity contribution in [1.82, 2.24) is 25.2 Å². The van der Waals surface area contributed by atoms with Crippen LogP contribution in [0, 0.1) is 11.8 Å². The number of rotatable bonds is 6. The van der Waals surface area contributed by atoms with Gasteiger partial charge in [-0.25, -0.2) is 14.8 Å². The van der Waals surface area contributed by atoms with Gasteiger partial charge in [0.25, 0.3) is 0 Å². The van der Waals surface area contributed by atoms with Gasteiger partial charge in [-0.05, 0) is 55.2 Å². The molecular formula is C17H21N5O. The van der Waals surface area contributed by atoms with E-state index in [1.807, 2.05) is 22.9 Å². The van der Waals surface area contributed by atoms with Gasteiger partial charge < -0.3 is 10.6 Å². The molecule has 0 radical (unpaired) electrons. The average Bonchev–Trinajstić information content (AvgIpc) is 3.50. The minimum atomic E-state index is -0.0604. The van der Waals surface area contributed by atoms with Crippen molar-refractivity contribution < 1.29 is 4.79 Å². The molecule has 0 spiro atoms. The highest BCUT2D eigenvalue weighted by atomic mass is 16.2. The third-order valence-electron chi connectivity index (χ3n) is 4.59. The van der Waals surface area contributed by atoms with Gasteiger partial charge in [0.1, 0.15) is 12.1 Å². The van der Waals surface area contributed by atoms with Crippen molar-refractivity contribution in [2.24, 2.45) is 11.8 Å². The van der Waals surface area contributed by atoms with Gasteiger partial charge in [-0.15, -0.1) is 0 Å². The van der Waals surface area contributed by atoms with Gasteiger partial charge in [-0.1, -0.05) is 0 Å². The van der Waals surface area contributed by atoms with E-state index in [1.165, 1.54) is 25.7 Å². The molecule has 23 heavy (non-hydrogen) atoms. The lowest BCUT2D eigenvalue weighted by Crippen LogP contribution is -2.44. The summed E-state index contributed by atoms with van der Waals surface area (Å²) >= 11 is 0. The predicted molar refractivity (Wildman–Crippen MR) is 86.0 cm³/mol. The molecule has 0 aromatic carbocycles. The van der Waals surface area contributed by atoms with E-state index in [1.54, 1.807) is 18.7 Å². The molecule has 0 unspecified atom stereocenters. The molecule has 2 aromatic rings. The van der Waals surface area contributed by atoms with Crippen molar-refractivity contribution in [3.63, 3.8) is 0 Å². The highest BCUT2D eigenvalue weighted by Gasteiger charge is 2.42. The molecule has 6 heteroatoms. The van der Waals surface area contributed by atoms with Crippen LogP contribution >= 0.6 is 0 Å². The Labute approximate surface area is 135 Å². The number of nitrogens with one attached hydrogen (secondary N) is 2. The SMILES string of the molecule is O=C(NCc1ccnc(-n2ccnc2)c1)NC(C1CC1)C1CC1. The van der Waals surface area contributed by atoms with Gasteiger partial charge in [0.2, 0.25) is 0 Å². The van der Waals surface area contributed by atoms with Crippen LogP contribution in [0.5, 0.6) is 0 Å². The van der Waals surface area contributed by atoms with Crippen LogP contribution in [-0.4, -0.2) is 26.6 Å². The van der Waals surface area contributed by atoms with Crippen molar-refractivity contribution >= 4 is 6.03 Å². The van der Waals surface area contributed by atoms with E-state index in [4.69, 9.17) is 0 Å². The van der Waals surface area contributed by atoms with Crippen molar-refractivity contribution in [1.29, 1.82) is 0 Å². The van der Waals surface area contributed by atoms with E-state index in [0.29, 0.717) is 24.4 Å². The zero-order valence-electron chi connectivity index (χ0n) is 13.0. The summed E-state index contributed by atoms with van der Waals surface area (Å²) in [6, 6.07) is 4.20. The molecule has 2 aliphatic carbocycles. The molecule has 6 nitrogen and oxygen atoms in total. The zero-order chi connectivity index (χ0) is 15.6. The fourth-order valence-corrected chi connectivity index (χ4v) is 3.02. The van der Waals surface area contributed by atoms with Gasteiger partial charge in [0, 0.05) is 31.2 Å². The van der Waals surface area contributed by atoms with Crippen LogP contribution in [0.15, 0.2) is 37.1 Å². The van der Waals surface area contributed by atoms with E-state index in [0.717, 1.165) is 11.4 Å². The van der Waals surface area contributed by atoms with Gasteiger partial charge in [0.15, 0.2) is 0 Å². The van der Waals surface area contributed by atoms with Crippen LogP contribution in [0.3, 0.4) is 0 Å². The lowest BCUT2D eigenvalue weighted by atomic mass is 10.1. The molecule has 0 saturated heterocycles. The fraction of sp³-hybridized carbons (Fsp3) is 0.471. The van der Waals surface area contributed by atoms with E-state index >= 15 is 0 Å². The van der Waals surface area contributed by atoms with E-state index < -0.39 is 0 Å². The van der Waals surface area contributed by atoms with Crippen LogP contribution < -0.4 is 10.6 Å². The summed E-state index contributed by atoms with van der Waals surface area (Å²) < 4.78 is 1.85. The van der Waals surface area contributed by atoms with Gasteiger partial charge in [-0.3, -0.25) is 4.57 Å². The molecule has 2 fully saturated rings. The Balaban J connectivity index is 1.33. The number of hydrogen-bond donors (Lipinski definition) is 2. The number of carbonyl (C=O) groups excluding carboxylic acids is 1. The number of pyridine rings is 1. The third kappa shape index (κ3) is 3.52. The largest absolute Gasteiger partial charge is 0.335 e. The summed E-state index contributed by atoms with van der Waals surface area (Å²) in [4.78, 5) is 20.5. The second-order valence-corrected chi connectivity index (χ2v) is 6.52. The molecule has 2 aromatic heterocycles. The Hall–Kier alpha value is -2.37. The summed E-state index contributed by atoms with van der Waals surface area (Å²) in [6.45, 7) is 0.498. The van der Waals surface area contributed by atoms with Crippen LogP contribution in [-0.2, 0) is 6.54 Å². The lowest BCUT2D eigenvalue weighted by Gasteiger charge is -2.18. The molecule has 2 aliphatic rings. The molecule has 2 heterocycles. The topological polar surface area (TPSA) is 71.8 Å². The number of nitrogens with zero attached hydrogens (tertiary/aromatic N) is 3. The summed E-state index contributed by atoms with van der Waals surface area (Å²) in [5.41, 5.74) is 1.02. The van der Waals surface area contributed by atoms with Crippen molar-refractivity contribution in [2.75, 3.05) is 0 Å². The maximum Gasteiger partial charge on any atom is 0.315 e. The fourth-order valence-electron chi connectivity index (χ4n) is 3.02. The number of hydrogen-bond acceptors (Lipinski definition) is 3. The summed E-state index contributed by atoms with van der Waals surface area (Å²) in [5, 5.41) is 6.14. The van der Waals surface area contributed by atoms with Crippen molar-refractivity contribution in [3.05, 3.63) is 42.6 Å². The minimum Gasteiger partial charge on any atom is -0.335 e. The monoisotopic (exact) mass is 311 g/mol. The molecular weight excluding hydrogens is 290 g/mol. The Bertz CT molecular complexity index is 664. The maximum absolute atomic E-state index is 12.2. The smallest absolute Gasteiger partial charge is 0.315 e.